The first-order valence-corrected chi connectivity index (χ1v) is 9.71. The van der Waals surface area contributed by atoms with Crippen LogP contribution >= 0.6 is 11.6 Å². The molecule has 1 atom stereocenters. The van der Waals surface area contributed by atoms with Gasteiger partial charge in [0.05, 0.1) is 11.3 Å². The summed E-state index contributed by atoms with van der Waals surface area (Å²) in [5.41, 5.74) is 3.96. The Kier molecular flexibility index (Phi) is 5.90. The molecule has 1 heterocycles. The van der Waals surface area contributed by atoms with Crippen molar-refractivity contribution in [1.82, 2.24) is 9.88 Å². The molecule has 3 rings (SSSR count). The van der Waals surface area contributed by atoms with E-state index in [0.29, 0.717) is 16.5 Å². The smallest absolute Gasteiger partial charge is 0.253 e. The summed E-state index contributed by atoms with van der Waals surface area (Å²) >= 11 is 6.03. The van der Waals surface area contributed by atoms with Crippen LogP contribution in [0.3, 0.4) is 0 Å². The average molecular weight is 399 g/mol. The molecule has 1 aromatic heterocycles. The van der Waals surface area contributed by atoms with Crippen LogP contribution in [0.15, 0.2) is 54.6 Å². The Bertz CT molecular complexity index is 975. The summed E-state index contributed by atoms with van der Waals surface area (Å²) in [6, 6.07) is 15.6. The summed E-state index contributed by atoms with van der Waals surface area (Å²) in [5, 5.41) is 3.71. The van der Waals surface area contributed by atoms with Gasteiger partial charge in [-0.25, -0.2) is 4.39 Å². The fourth-order valence-corrected chi connectivity index (χ4v) is 3.17. The normalized spacial score (nSPS) is 12.2. The monoisotopic (exact) mass is 398 g/mol. The van der Waals surface area contributed by atoms with Crippen LogP contribution in [0.2, 0.25) is 5.02 Å². The van der Waals surface area contributed by atoms with Gasteiger partial charge >= 0.3 is 0 Å². The first-order valence-electron chi connectivity index (χ1n) is 9.33. The minimum Gasteiger partial charge on any atom is -0.349 e. The summed E-state index contributed by atoms with van der Waals surface area (Å²) in [6.07, 6.45) is 0. The molecule has 28 heavy (non-hydrogen) atoms. The summed E-state index contributed by atoms with van der Waals surface area (Å²) in [5.74, 6) is -0.0840. The highest BCUT2D eigenvalue weighted by Gasteiger charge is 2.21. The third-order valence-electron chi connectivity index (χ3n) is 5.08. The van der Waals surface area contributed by atoms with Crippen LogP contribution < -0.4 is 5.32 Å². The van der Waals surface area contributed by atoms with Gasteiger partial charge in [-0.05, 0) is 67.8 Å². The van der Waals surface area contributed by atoms with E-state index in [9.17, 15) is 9.18 Å². The first kappa shape index (κ1) is 20.2. The van der Waals surface area contributed by atoms with Crippen molar-refractivity contribution in [1.29, 1.82) is 0 Å². The van der Waals surface area contributed by atoms with Crippen molar-refractivity contribution < 1.29 is 9.18 Å². The molecule has 0 radical (unpaired) electrons. The van der Waals surface area contributed by atoms with Gasteiger partial charge in [-0.15, -0.1) is 0 Å². The SMILES string of the molecule is Cc1c(C(=O)NC(C)C(C)C)cc(-c2ccc(Cl)cc2)n1-c1ccc(F)cc1. The molecule has 0 fully saturated rings. The standard InChI is InChI=1S/C23H24ClFN2O/c1-14(2)15(3)26-23(28)21-13-22(17-5-7-18(24)8-6-17)27(16(21)4)20-11-9-19(25)10-12-20/h5-15H,1-4H3,(H,26,28). The van der Waals surface area contributed by atoms with E-state index in [2.05, 4.69) is 19.2 Å². The highest BCUT2D eigenvalue weighted by molar-refractivity contribution is 6.30. The number of amides is 1. The van der Waals surface area contributed by atoms with Crippen molar-refractivity contribution >= 4 is 17.5 Å². The Balaban J connectivity index is 2.13. The predicted molar refractivity (Wildman–Crippen MR) is 113 cm³/mol. The number of carbonyl (C=O) groups is 1. The van der Waals surface area contributed by atoms with E-state index in [1.807, 2.05) is 48.7 Å². The zero-order valence-electron chi connectivity index (χ0n) is 16.5. The van der Waals surface area contributed by atoms with E-state index in [-0.39, 0.29) is 17.8 Å². The summed E-state index contributed by atoms with van der Waals surface area (Å²) in [6.45, 7) is 8.04. The number of carbonyl (C=O) groups excluding carboxylic acids is 1. The second kappa shape index (κ2) is 8.19. The lowest BCUT2D eigenvalue weighted by Gasteiger charge is -2.17. The molecule has 0 saturated carbocycles. The number of benzene rings is 2. The second-order valence-corrected chi connectivity index (χ2v) is 7.79. The van der Waals surface area contributed by atoms with Crippen LogP contribution in [-0.4, -0.2) is 16.5 Å². The predicted octanol–water partition coefficient (Wildman–Crippen LogP) is 6.02. The summed E-state index contributed by atoms with van der Waals surface area (Å²) in [7, 11) is 0. The molecule has 1 amide bonds. The van der Waals surface area contributed by atoms with Crippen LogP contribution in [0.25, 0.3) is 16.9 Å². The van der Waals surface area contributed by atoms with Crippen LogP contribution in [-0.2, 0) is 0 Å². The Morgan fingerprint density at radius 2 is 1.64 bits per heavy atom. The van der Waals surface area contributed by atoms with Gasteiger partial charge in [-0.1, -0.05) is 37.6 Å². The van der Waals surface area contributed by atoms with Gasteiger partial charge in [0.2, 0.25) is 0 Å². The molecule has 0 saturated heterocycles. The molecule has 5 heteroatoms. The summed E-state index contributed by atoms with van der Waals surface area (Å²) < 4.78 is 15.4. The van der Waals surface area contributed by atoms with Gasteiger partial charge in [0.15, 0.2) is 0 Å². The van der Waals surface area contributed by atoms with Gasteiger partial charge in [-0.3, -0.25) is 4.79 Å². The Hall–Kier alpha value is -2.59. The maximum absolute atomic E-state index is 13.4. The number of aromatic nitrogens is 1. The molecular formula is C23H24ClFN2O. The molecule has 3 aromatic rings. The number of hydrogen-bond donors (Lipinski definition) is 1. The zero-order valence-corrected chi connectivity index (χ0v) is 17.2. The van der Waals surface area contributed by atoms with E-state index in [1.165, 1.54) is 12.1 Å². The van der Waals surface area contributed by atoms with E-state index in [1.54, 1.807) is 12.1 Å². The Morgan fingerprint density at radius 1 is 1.04 bits per heavy atom. The number of nitrogens with zero attached hydrogens (tertiary/aromatic N) is 1. The Morgan fingerprint density at radius 3 is 2.21 bits per heavy atom. The lowest BCUT2D eigenvalue weighted by Crippen LogP contribution is -2.36. The maximum atomic E-state index is 13.4. The van der Waals surface area contributed by atoms with Crippen LogP contribution in [0.4, 0.5) is 4.39 Å². The number of hydrogen-bond acceptors (Lipinski definition) is 1. The van der Waals surface area contributed by atoms with Crippen molar-refractivity contribution in [3.05, 3.63) is 76.7 Å². The summed E-state index contributed by atoms with van der Waals surface area (Å²) in [4.78, 5) is 12.9. The lowest BCUT2D eigenvalue weighted by molar-refractivity contribution is 0.0930. The van der Waals surface area contributed by atoms with Gasteiger partial charge in [-0.2, -0.15) is 0 Å². The Labute approximate surface area is 170 Å². The molecule has 1 unspecified atom stereocenters. The molecule has 1 N–H and O–H groups in total. The number of nitrogens with one attached hydrogen (secondary N) is 1. The van der Waals surface area contributed by atoms with Crippen molar-refractivity contribution in [2.24, 2.45) is 5.92 Å². The van der Waals surface area contributed by atoms with Gasteiger partial charge < -0.3 is 9.88 Å². The fraction of sp³-hybridized carbons (Fsp3) is 0.261. The van der Waals surface area contributed by atoms with Crippen LogP contribution in [0.5, 0.6) is 0 Å². The van der Waals surface area contributed by atoms with E-state index < -0.39 is 0 Å². The molecule has 3 nitrogen and oxygen atoms in total. The van der Waals surface area contributed by atoms with Gasteiger partial charge in [0, 0.05) is 22.4 Å². The molecule has 146 valence electrons. The number of rotatable bonds is 5. The highest BCUT2D eigenvalue weighted by Crippen LogP contribution is 2.30. The molecule has 0 aliphatic heterocycles. The lowest BCUT2D eigenvalue weighted by atomic mass is 10.1. The molecule has 2 aromatic carbocycles. The molecular weight excluding hydrogens is 375 g/mol. The second-order valence-electron chi connectivity index (χ2n) is 7.35. The van der Waals surface area contributed by atoms with Crippen LogP contribution in [0, 0.1) is 18.7 Å². The molecule has 0 spiro atoms. The van der Waals surface area contributed by atoms with Crippen molar-refractivity contribution in [2.75, 3.05) is 0 Å². The van der Waals surface area contributed by atoms with E-state index >= 15 is 0 Å². The molecule has 0 aliphatic carbocycles. The first-order chi connectivity index (χ1) is 13.3. The number of halogens is 2. The molecule has 0 bridgehead atoms. The average Bonchev–Trinajstić information content (AvgIpc) is 3.00. The molecule has 0 aliphatic rings. The van der Waals surface area contributed by atoms with Crippen LogP contribution in [0.1, 0.15) is 36.8 Å². The fourth-order valence-electron chi connectivity index (χ4n) is 3.04. The zero-order chi connectivity index (χ0) is 20.4. The van der Waals surface area contributed by atoms with Gasteiger partial charge in [0.25, 0.3) is 5.91 Å². The maximum Gasteiger partial charge on any atom is 0.253 e. The van der Waals surface area contributed by atoms with Crippen molar-refractivity contribution in [3.8, 4) is 16.9 Å². The highest BCUT2D eigenvalue weighted by atomic mass is 35.5. The topological polar surface area (TPSA) is 34.0 Å². The quantitative estimate of drug-likeness (QED) is 0.560. The largest absolute Gasteiger partial charge is 0.349 e. The van der Waals surface area contributed by atoms with Gasteiger partial charge in [0.1, 0.15) is 5.82 Å². The van der Waals surface area contributed by atoms with Crippen molar-refractivity contribution in [2.45, 2.75) is 33.7 Å². The third kappa shape index (κ3) is 4.12. The van der Waals surface area contributed by atoms with Crippen molar-refractivity contribution in [3.63, 3.8) is 0 Å². The third-order valence-corrected chi connectivity index (χ3v) is 5.33. The van der Waals surface area contributed by atoms with E-state index in [0.717, 1.165) is 22.6 Å². The minimum atomic E-state index is -0.301. The van der Waals surface area contributed by atoms with E-state index in [4.69, 9.17) is 11.6 Å². The minimum absolute atomic E-state index is 0.0556.